The fraction of sp³-hybridized carbons (Fsp3) is 0.116. The zero-order chi connectivity index (χ0) is 82.3. The molecule has 0 spiro atoms. The van der Waals surface area contributed by atoms with Crippen molar-refractivity contribution in [2.45, 2.75) is 48.1 Å². The quantitative estimate of drug-likeness (QED) is 0.0368. The van der Waals surface area contributed by atoms with Crippen LogP contribution in [-0.2, 0) is 133 Å². The Kier molecular flexibility index (Phi) is 45.7. The largest absolute Gasteiger partial charge is 0.512 e. The van der Waals surface area contributed by atoms with Gasteiger partial charge in [-0.1, -0.05) is 113 Å². The number of carboxylic acid groups (broad SMARTS) is 3. The van der Waals surface area contributed by atoms with Crippen LogP contribution in [0, 0.1) is 92.9 Å². The maximum Gasteiger partial charge on any atom is 0.356 e. The second kappa shape index (κ2) is 52.2. The molecular formula is C86H73F6Ir5N12O8S-5. The molecule has 0 saturated heterocycles. The number of thiophene rings is 1. The first-order valence-electron chi connectivity index (χ1n) is 33.8. The summed E-state index contributed by atoms with van der Waals surface area (Å²) in [5.74, 6) is -6.91. The maximum atomic E-state index is 13.4. The normalized spacial score (nSPS) is 9.88. The number of pyridine rings is 5. The predicted octanol–water partition coefficient (Wildman–Crippen LogP) is 18.0. The van der Waals surface area contributed by atoms with Gasteiger partial charge in [0, 0.05) is 223 Å². The Balaban J connectivity index is 0.000000452. The van der Waals surface area contributed by atoms with Gasteiger partial charge in [-0.3, -0.25) is 45.2 Å². The van der Waals surface area contributed by atoms with Crippen LogP contribution in [0.15, 0.2) is 237 Å². The van der Waals surface area contributed by atoms with Crippen LogP contribution in [0.2, 0.25) is 0 Å². The number of aryl methyl sites for hydroxylation is 7. The van der Waals surface area contributed by atoms with E-state index >= 15 is 0 Å². The summed E-state index contributed by atoms with van der Waals surface area (Å²) in [5, 5.41) is 48.4. The number of carbonyl (C=O) groups excluding carboxylic acids is 1. The Morgan fingerprint density at radius 3 is 1.27 bits per heavy atom. The third-order valence-electron chi connectivity index (χ3n) is 15.3. The molecule has 9 aromatic heterocycles. The van der Waals surface area contributed by atoms with Gasteiger partial charge >= 0.3 is 17.9 Å². The molecule has 15 rings (SSSR count). The minimum absolute atomic E-state index is 0. The van der Waals surface area contributed by atoms with E-state index in [1.54, 1.807) is 102 Å². The topological polar surface area (TPSA) is 293 Å². The fourth-order valence-corrected chi connectivity index (χ4v) is 10.5. The summed E-state index contributed by atoms with van der Waals surface area (Å²) < 4.78 is 83.8. The Bertz CT molecular complexity index is 5500. The van der Waals surface area contributed by atoms with Crippen LogP contribution >= 0.6 is 11.3 Å². The molecule has 0 unspecified atom stereocenters. The Morgan fingerprint density at radius 2 is 0.881 bits per heavy atom. The summed E-state index contributed by atoms with van der Waals surface area (Å²) in [5.41, 5.74) is 15.0. The molecule has 0 atom stereocenters. The fourth-order valence-electron chi connectivity index (χ4n) is 9.54. The molecule has 6 aromatic carbocycles. The van der Waals surface area contributed by atoms with Gasteiger partial charge in [0.1, 0.15) is 0 Å². The number of benzene rings is 6. The van der Waals surface area contributed by atoms with Crippen LogP contribution in [0.5, 0.6) is 0 Å². The van der Waals surface area contributed by atoms with Gasteiger partial charge in [0.15, 0.2) is 22.9 Å². The van der Waals surface area contributed by atoms with Crippen LogP contribution in [0.25, 0.3) is 76.5 Å². The van der Waals surface area contributed by atoms with E-state index in [1.807, 2.05) is 92.1 Å². The van der Waals surface area contributed by atoms with Crippen LogP contribution < -0.4 is 5.73 Å². The van der Waals surface area contributed by atoms with Crippen LogP contribution in [-0.4, -0.2) is 98.4 Å². The number of halogens is 6. The molecule has 5 radical (unpaired) electrons. The molecule has 118 heavy (non-hydrogen) atoms. The SMILES string of the molecule is CC(=O)C=C(C)O.Cc1cc(C(=O)O)nn1C.Cc1cc(C(=O)O)nn1C.Cc1cc(C(=O)O)nn1C.Cc1ccnc(-c2[c-]cc(F)cc2F)c1.Fc1c[c-]c(-c2ccccn2)c(F)c1.NCc1ccnc(-c2[c-]cc(F)cc2F)c1.[Ir].[Ir].[Ir].[Ir].[Ir].[c-]1c(-c2ccccn2)sc2ccccc12.[c-]1ccccc1-c1nccc2ccccc12. The van der Waals surface area contributed by atoms with Crippen LogP contribution in [0.3, 0.4) is 0 Å². The van der Waals surface area contributed by atoms with Gasteiger partial charge < -0.3 is 51.1 Å². The third kappa shape index (κ3) is 33.0. The van der Waals surface area contributed by atoms with Crippen molar-refractivity contribution in [2.75, 3.05) is 0 Å². The van der Waals surface area contributed by atoms with Crippen molar-refractivity contribution in [1.29, 1.82) is 0 Å². The Morgan fingerprint density at radius 1 is 0.458 bits per heavy atom. The number of nitrogens with zero attached hydrogens (tertiary/aromatic N) is 11. The molecule has 0 fully saturated rings. The molecule has 0 aliphatic heterocycles. The van der Waals surface area contributed by atoms with E-state index in [-0.39, 0.29) is 146 Å². The number of carboxylic acids is 3. The van der Waals surface area contributed by atoms with Crippen LogP contribution in [0.1, 0.15) is 73.5 Å². The number of carbonyl (C=O) groups is 4. The zero-order valence-corrected chi connectivity index (χ0v) is 76.7. The number of allylic oxidation sites excluding steroid dienone is 2. The van der Waals surface area contributed by atoms with Crippen molar-refractivity contribution >= 4 is 55.9 Å². The van der Waals surface area contributed by atoms with Gasteiger partial charge in [-0.05, 0) is 139 Å². The van der Waals surface area contributed by atoms with Gasteiger partial charge in [0.25, 0.3) is 0 Å². The molecule has 20 nitrogen and oxygen atoms in total. The molecule has 623 valence electrons. The van der Waals surface area contributed by atoms with Crippen molar-refractivity contribution in [3.8, 4) is 55.6 Å². The summed E-state index contributed by atoms with van der Waals surface area (Å²) >= 11 is 1.73. The second-order valence-electron chi connectivity index (χ2n) is 23.9. The number of aliphatic hydroxyl groups is 1. The smallest absolute Gasteiger partial charge is 0.356 e. The van der Waals surface area contributed by atoms with Gasteiger partial charge in [0.2, 0.25) is 0 Å². The zero-order valence-electron chi connectivity index (χ0n) is 63.9. The monoisotopic (exact) mass is 2510 g/mol. The summed E-state index contributed by atoms with van der Waals surface area (Å²) in [6, 6.07) is 69.0. The molecule has 9 heterocycles. The van der Waals surface area contributed by atoms with Crippen molar-refractivity contribution in [3.63, 3.8) is 0 Å². The molecule has 0 amide bonds. The standard InChI is InChI=1S/C15H10N.C13H8NS.C12H9F2N2.C12H8F2N.C11H6F2N.3C6H8N2O2.C5H8O2.5Ir/c1-2-7-13(8-3-1)15-14-9-5-4-6-12(14)10-11-16-15;1-2-7-12-10(5-1)9-13(15-12)11-6-3-4-8-14-11;13-9-1-2-10(11(14)6-9)12-5-8(7-15)3-4-16-12;1-8-4-5-15-12(6-8)10-3-2-9(13)7-11(10)14;12-8-4-5-9(10(13)7-8)11-3-1-2-6-14-11;3*1-4-3-5(6(9)10)7-8(4)2;1-4(6)3-5(2)7;;;;;/h1-7,9-11H;1-8H;1,3-6H,7,15H2;2,4-7H,1H3;1-4,6-7H;3*3H,1-2H3,(H,9,10);3,6H,1-2H3;;;;;/q5*-1;;;;;;;;;. The number of nitrogens with two attached hydrogens (primary N) is 1. The molecule has 0 aliphatic rings. The number of aromatic nitrogens is 11. The summed E-state index contributed by atoms with van der Waals surface area (Å²) in [6.45, 7) is 10.5. The maximum absolute atomic E-state index is 13.4. The molecule has 0 bridgehead atoms. The predicted molar refractivity (Wildman–Crippen MR) is 420 cm³/mol. The molecule has 6 N–H and O–H groups in total. The van der Waals surface area contributed by atoms with E-state index in [2.05, 4.69) is 101 Å². The minimum Gasteiger partial charge on any atom is -0.512 e. The van der Waals surface area contributed by atoms with Gasteiger partial charge in [-0.25, -0.2) is 25.7 Å². The number of ketones is 1. The number of aliphatic hydroxyl groups excluding tert-OH is 1. The van der Waals surface area contributed by atoms with Crippen molar-refractivity contribution in [1.82, 2.24) is 54.3 Å². The average Bonchev–Trinajstić information content (AvgIpc) is 1.79. The van der Waals surface area contributed by atoms with E-state index in [0.717, 1.165) is 86.4 Å². The van der Waals surface area contributed by atoms with Crippen molar-refractivity contribution < 1.29 is 166 Å². The number of hydrogen-bond donors (Lipinski definition) is 5. The number of rotatable bonds is 10. The molecule has 15 aromatic rings. The first kappa shape index (κ1) is 103. The van der Waals surface area contributed by atoms with E-state index < -0.39 is 52.8 Å². The van der Waals surface area contributed by atoms with E-state index in [4.69, 9.17) is 26.2 Å². The van der Waals surface area contributed by atoms with E-state index in [0.29, 0.717) is 23.6 Å². The molecular weight excluding hydrogens is 2440 g/mol. The Labute approximate surface area is 748 Å². The number of aromatic carboxylic acids is 3. The Hall–Kier alpha value is -10.7. The first-order valence-corrected chi connectivity index (χ1v) is 34.6. The molecule has 0 aliphatic carbocycles. The summed E-state index contributed by atoms with van der Waals surface area (Å²) in [6.07, 6.45) is 9.49. The number of hydrogen-bond acceptors (Lipinski definition) is 15. The van der Waals surface area contributed by atoms with E-state index in [9.17, 15) is 45.5 Å². The minimum atomic E-state index is -0.983. The summed E-state index contributed by atoms with van der Waals surface area (Å²) in [7, 11) is 5.13. The second-order valence-corrected chi connectivity index (χ2v) is 25.0. The van der Waals surface area contributed by atoms with Crippen molar-refractivity contribution in [2.24, 2.45) is 26.9 Å². The van der Waals surface area contributed by atoms with E-state index in [1.165, 1.54) is 79.2 Å². The molecule has 0 saturated carbocycles. The van der Waals surface area contributed by atoms with Crippen molar-refractivity contribution in [3.05, 3.63) is 347 Å². The third-order valence-corrected chi connectivity index (χ3v) is 16.4. The van der Waals surface area contributed by atoms with Gasteiger partial charge in [-0.15, -0.1) is 95.9 Å². The van der Waals surface area contributed by atoms with Crippen LogP contribution in [0.4, 0.5) is 26.3 Å². The molecule has 32 heteroatoms. The summed E-state index contributed by atoms with van der Waals surface area (Å²) in [4.78, 5) is 62.7. The average molecular weight is 2510 g/mol. The number of fused-ring (bicyclic) bond motifs is 2. The van der Waals surface area contributed by atoms with Gasteiger partial charge in [-0.2, -0.15) is 15.3 Å². The first-order chi connectivity index (χ1) is 54.0. The van der Waals surface area contributed by atoms with Gasteiger partial charge in [0.05, 0.1) is 5.76 Å².